The summed E-state index contributed by atoms with van der Waals surface area (Å²) in [7, 11) is 0. The molecular weight excluding hydrogens is 280 g/mol. The number of carbonyl (C=O) groups excluding carboxylic acids is 4. The molecule has 0 bridgehead atoms. The van der Waals surface area contributed by atoms with Gasteiger partial charge in [0.1, 0.15) is 6.10 Å². The van der Waals surface area contributed by atoms with Crippen LogP contribution < -0.4 is 0 Å². The molecular formula is C13H14N2O6. The molecule has 0 spiro atoms. The molecule has 0 radical (unpaired) electrons. The van der Waals surface area contributed by atoms with Crippen LogP contribution in [0.2, 0.25) is 0 Å². The summed E-state index contributed by atoms with van der Waals surface area (Å²) in [6.45, 7) is 7.92. The Morgan fingerprint density at radius 3 is 2.29 bits per heavy atom. The van der Waals surface area contributed by atoms with Gasteiger partial charge < -0.3 is 9.47 Å². The summed E-state index contributed by atoms with van der Waals surface area (Å²) in [4.78, 5) is 49.4. The lowest BCUT2D eigenvalue weighted by atomic mass is 10.2. The van der Waals surface area contributed by atoms with Crippen molar-refractivity contribution < 1.29 is 28.7 Å². The first-order chi connectivity index (χ1) is 9.96. The molecule has 8 nitrogen and oxygen atoms in total. The average Bonchev–Trinajstić information content (AvgIpc) is 2.45. The lowest BCUT2D eigenvalue weighted by Gasteiger charge is -2.18. The highest BCUT2D eigenvalue weighted by Gasteiger charge is 2.24. The minimum absolute atomic E-state index is 0.0420. The Morgan fingerprint density at radius 2 is 1.86 bits per heavy atom. The molecule has 0 saturated heterocycles. The van der Waals surface area contributed by atoms with Crippen molar-refractivity contribution in [2.45, 2.75) is 25.6 Å². The maximum Gasteiger partial charge on any atom is 0.333 e. The summed E-state index contributed by atoms with van der Waals surface area (Å²) in [6.07, 6.45) is 0.843. The molecule has 1 atom stereocenters. The van der Waals surface area contributed by atoms with Crippen molar-refractivity contribution in [3.8, 4) is 0 Å². The summed E-state index contributed by atoms with van der Waals surface area (Å²) in [5.41, 5.74) is 0.197. The zero-order valence-corrected chi connectivity index (χ0v) is 11.4. The van der Waals surface area contributed by atoms with Gasteiger partial charge in [-0.1, -0.05) is 13.2 Å². The van der Waals surface area contributed by atoms with Gasteiger partial charge >= 0.3 is 11.9 Å². The number of esters is 2. The third-order valence-corrected chi connectivity index (χ3v) is 2.12. The number of carbonyl (C=O) groups is 2. The number of aliphatic imine (C=N–C) groups is 2. The van der Waals surface area contributed by atoms with E-state index in [-0.39, 0.29) is 18.6 Å². The zero-order chi connectivity index (χ0) is 16.3. The van der Waals surface area contributed by atoms with Crippen LogP contribution >= 0.6 is 0 Å². The van der Waals surface area contributed by atoms with E-state index in [4.69, 9.17) is 9.47 Å². The predicted octanol–water partition coefficient (Wildman–Crippen LogP) is 0.591. The molecule has 0 aliphatic rings. The number of rotatable bonds is 9. The maximum atomic E-state index is 11.2. The van der Waals surface area contributed by atoms with E-state index in [0.29, 0.717) is 0 Å². The Balaban J connectivity index is 4.86. The lowest BCUT2D eigenvalue weighted by molar-refractivity contribution is -0.146. The van der Waals surface area contributed by atoms with E-state index in [2.05, 4.69) is 23.1 Å². The smallest absolute Gasteiger partial charge is 0.333 e. The highest BCUT2D eigenvalue weighted by atomic mass is 16.6. The van der Waals surface area contributed by atoms with Crippen molar-refractivity contribution in [1.82, 2.24) is 0 Å². The van der Waals surface area contributed by atoms with Crippen LogP contribution in [-0.2, 0) is 28.7 Å². The molecule has 0 rings (SSSR count). The van der Waals surface area contributed by atoms with Gasteiger partial charge in [-0.05, 0) is 6.92 Å². The average molecular weight is 294 g/mol. The van der Waals surface area contributed by atoms with Crippen LogP contribution in [0.5, 0.6) is 0 Å². The zero-order valence-electron chi connectivity index (χ0n) is 11.4. The second kappa shape index (κ2) is 10.0. The van der Waals surface area contributed by atoms with Gasteiger partial charge in [-0.15, -0.1) is 0 Å². The Morgan fingerprint density at radius 1 is 1.29 bits per heavy atom. The molecule has 0 N–H and O–H groups in total. The van der Waals surface area contributed by atoms with Gasteiger partial charge in [-0.2, -0.15) is 9.98 Å². The van der Waals surface area contributed by atoms with Crippen LogP contribution in [0, 0.1) is 0 Å². The maximum absolute atomic E-state index is 11.2. The lowest BCUT2D eigenvalue weighted by Crippen LogP contribution is -2.30. The SMILES string of the molecule is C=CC(=O)OC(CCOC(=O)C(=C)C)C(N=C=O)N=C=O. The second-order valence-corrected chi connectivity index (χ2v) is 3.74. The van der Waals surface area contributed by atoms with Crippen molar-refractivity contribution in [2.24, 2.45) is 9.98 Å². The quantitative estimate of drug-likeness (QED) is 0.266. The van der Waals surface area contributed by atoms with Gasteiger partial charge in [0.25, 0.3) is 0 Å². The summed E-state index contributed by atoms with van der Waals surface area (Å²) in [6, 6.07) is 0. The standard InChI is InChI=1S/C13H14N2O6/c1-4-11(18)21-10(12(14-7-16)15-8-17)5-6-20-13(19)9(2)3/h4,10,12H,1-2,5-6H2,3H3. The van der Waals surface area contributed by atoms with Crippen LogP contribution in [0.3, 0.4) is 0 Å². The Bertz CT molecular complexity index is 497. The summed E-state index contributed by atoms with van der Waals surface area (Å²) >= 11 is 0. The van der Waals surface area contributed by atoms with Crippen LogP contribution in [-0.4, -0.2) is 43.0 Å². The predicted molar refractivity (Wildman–Crippen MR) is 70.5 cm³/mol. The third kappa shape index (κ3) is 7.37. The third-order valence-electron chi connectivity index (χ3n) is 2.12. The molecule has 0 aliphatic carbocycles. The number of ether oxygens (including phenoxy) is 2. The Labute approximate surface area is 120 Å². The fraction of sp³-hybridized carbons (Fsp3) is 0.385. The van der Waals surface area contributed by atoms with Crippen LogP contribution in [0.1, 0.15) is 13.3 Å². The van der Waals surface area contributed by atoms with E-state index in [0.717, 1.165) is 6.08 Å². The molecule has 0 aromatic carbocycles. The molecule has 0 fully saturated rings. The van der Waals surface area contributed by atoms with E-state index >= 15 is 0 Å². The van der Waals surface area contributed by atoms with Gasteiger partial charge in [-0.3, -0.25) is 0 Å². The second-order valence-electron chi connectivity index (χ2n) is 3.74. The highest BCUT2D eigenvalue weighted by molar-refractivity contribution is 5.86. The minimum atomic E-state index is -1.31. The fourth-order valence-electron chi connectivity index (χ4n) is 1.16. The number of isocyanates is 2. The monoisotopic (exact) mass is 294 g/mol. The molecule has 0 amide bonds. The van der Waals surface area contributed by atoms with Gasteiger partial charge in [-0.25, -0.2) is 19.2 Å². The molecule has 0 saturated carbocycles. The van der Waals surface area contributed by atoms with Gasteiger partial charge in [0.2, 0.25) is 18.3 Å². The summed E-state index contributed by atoms with van der Waals surface area (Å²) in [5.74, 6) is -1.43. The molecule has 8 heteroatoms. The molecule has 0 aromatic heterocycles. The highest BCUT2D eigenvalue weighted by Crippen LogP contribution is 2.11. The molecule has 0 aliphatic heterocycles. The fourth-order valence-corrected chi connectivity index (χ4v) is 1.16. The van der Waals surface area contributed by atoms with E-state index in [1.807, 2.05) is 0 Å². The molecule has 1 unspecified atom stereocenters. The molecule has 21 heavy (non-hydrogen) atoms. The van der Waals surface area contributed by atoms with Crippen molar-refractivity contribution >= 4 is 24.1 Å². The number of nitrogens with zero attached hydrogens (tertiary/aromatic N) is 2. The van der Waals surface area contributed by atoms with Gasteiger partial charge in [0.15, 0.2) is 0 Å². The molecule has 112 valence electrons. The van der Waals surface area contributed by atoms with E-state index < -0.39 is 24.2 Å². The normalized spacial score (nSPS) is 11.9. The topological polar surface area (TPSA) is 111 Å². The van der Waals surface area contributed by atoms with Gasteiger partial charge in [0, 0.05) is 18.1 Å². The van der Waals surface area contributed by atoms with Crippen LogP contribution in [0.25, 0.3) is 0 Å². The van der Waals surface area contributed by atoms with Crippen LogP contribution in [0.15, 0.2) is 34.8 Å². The summed E-state index contributed by atoms with van der Waals surface area (Å²) in [5, 5.41) is 0. The first kappa shape index (κ1) is 18.2. The van der Waals surface area contributed by atoms with Crippen LogP contribution in [0.4, 0.5) is 0 Å². The molecule has 0 aromatic rings. The first-order valence-electron chi connectivity index (χ1n) is 5.75. The van der Waals surface area contributed by atoms with Crippen molar-refractivity contribution in [2.75, 3.05) is 6.61 Å². The Hall–Kier alpha value is -2.82. The van der Waals surface area contributed by atoms with Crippen molar-refractivity contribution in [3.05, 3.63) is 24.8 Å². The number of hydrogen-bond donors (Lipinski definition) is 0. The minimum Gasteiger partial charge on any atom is -0.462 e. The summed E-state index contributed by atoms with van der Waals surface area (Å²) < 4.78 is 9.71. The van der Waals surface area contributed by atoms with E-state index in [1.54, 1.807) is 0 Å². The first-order valence-corrected chi connectivity index (χ1v) is 5.75. The molecule has 0 heterocycles. The van der Waals surface area contributed by atoms with Gasteiger partial charge in [0.05, 0.1) is 6.61 Å². The van der Waals surface area contributed by atoms with Crippen molar-refractivity contribution in [1.29, 1.82) is 0 Å². The Kier molecular flexibility index (Phi) is 8.68. The van der Waals surface area contributed by atoms with E-state index in [1.165, 1.54) is 19.1 Å². The van der Waals surface area contributed by atoms with E-state index in [9.17, 15) is 19.2 Å². The largest absolute Gasteiger partial charge is 0.462 e. The van der Waals surface area contributed by atoms with Crippen molar-refractivity contribution in [3.63, 3.8) is 0 Å². The number of hydrogen-bond acceptors (Lipinski definition) is 8.